The molecule has 4 rings (SSSR count). The second kappa shape index (κ2) is 8.76. The smallest absolute Gasteiger partial charge is 0.274 e. The summed E-state index contributed by atoms with van der Waals surface area (Å²) in [6.45, 7) is 3.28. The molecule has 8 nitrogen and oxygen atoms in total. The van der Waals surface area contributed by atoms with Gasteiger partial charge in [0, 0.05) is 6.20 Å². The van der Waals surface area contributed by atoms with Crippen molar-refractivity contribution in [3.05, 3.63) is 85.7 Å². The third-order valence-electron chi connectivity index (χ3n) is 5.03. The molecule has 0 bridgehead atoms. The summed E-state index contributed by atoms with van der Waals surface area (Å²) in [5.41, 5.74) is 0.731. The predicted molar refractivity (Wildman–Crippen MR) is 123 cm³/mol. The number of aromatic nitrogens is 4. The van der Waals surface area contributed by atoms with Gasteiger partial charge >= 0.3 is 0 Å². The quantitative estimate of drug-likeness (QED) is 0.416. The first kappa shape index (κ1) is 22.6. The van der Waals surface area contributed by atoms with Crippen molar-refractivity contribution in [3.8, 4) is 5.75 Å². The largest absolute Gasteiger partial charge is 0.504 e. The van der Waals surface area contributed by atoms with E-state index in [1.165, 1.54) is 22.9 Å². The molecule has 1 aromatic carbocycles. The molecule has 0 unspecified atom stereocenters. The Balaban J connectivity index is 1.83. The number of aromatic hydroxyl groups is 1. The zero-order chi connectivity index (χ0) is 23.9. The van der Waals surface area contributed by atoms with Gasteiger partial charge in [-0.2, -0.15) is 0 Å². The number of amides is 1. The summed E-state index contributed by atoms with van der Waals surface area (Å²) in [7, 11) is 0. The number of fused-ring (bicyclic) bond motifs is 1. The van der Waals surface area contributed by atoms with Crippen LogP contribution in [0.5, 0.6) is 5.75 Å². The van der Waals surface area contributed by atoms with E-state index in [1.807, 2.05) is 0 Å². The maximum atomic E-state index is 14.1. The lowest BCUT2D eigenvalue weighted by Crippen LogP contribution is -2.27. The standard InChI is InChI=1S/C22H16Cl2FN5O3/c1-10-5-6-14(29-21(32)15-8-12(23)19(31)20(24)28-15)17-18(10)27-11(2)30(22(17)33)9-16-13(25)4-3-7-26-16/h3-8,31H,9H2,1-2H3,(H,29,32). The topological polar surface area (TPSA) is 110 Å². The van der Waals surface area contributed by atoms with Crippen molar-refractivity contribution < 1.29 is 14.3 Å². The second-order valence-electron chi connectivity index (χ2n) is 7.22. The van der Waals surface area contributed by atoms with Crippen molar-refractivity contribution in [2.24, 2.45) is 0 Å². The molecule has 0 aliphatic heterocycles. The number of carbonyl (C=O) groups is 1. The van der Waals surface area contributed by atoms with Gasteiger partial charge in [-0.3, -0.25) is 19.1 Å². The van der Waals surface area contributed by atoms with E-state index in [9.17, 15) is 19.1 Å². The predicted octanol–water partition coefficient (Wildman–Crippen LogP) is 4.26. The highest BCUT2D eigenvalue weighted by Gasteiger charge is 2.19. The number of anilines is 1. The fraction of sp³-hybridized carbons (Fsp3) is 0.136. The lowest BCUT2D eigenvalue weighted by atomic mass is 10.1. The molecule has 1 amide bonds. The Kier molecular flexibility index (Phi) is 6.01. The zero-order valence-electron chi connectivity index (χ0n) is 17.4. The number of nitrogens with one attached hydrogen (secondary N) is 1. The van der Waals surface area contributed by atoms with Gasteiger partial charge in [-0.25, -0.2) is 14.4 Å². The molecule has 2 N–H and O–H groups in total. The van der Waals surface area contributed by atoms with E-state index in [-0.39, 0.29) is 39.2 Å². The second-order valence-corrected chi connectivity index (χ2v) is 7.98. The van der Waals surface area contributed by atoms with Gasteiger partial charge in [-0.15, -0.1) is 0 Å². The maximum absolute atomic E-state index is 14.1. The molecular weight excluding hydrogens is 472 g/mol. The lowest BCUT2D eigenvalue weighted by Gasteiger charge is -2.15. The minimum atomic E-state index is -0.703. The molecule has 0 aliphatic rings. The highest BCUT2D eigenvalue weighted by Crippen LogP contribution is 2.31. The van der Waals surface area contributed by atoms with E-state index >= 15 is 0 Å². The Hall–Kier alpha value is -3.56. The number of hydrogen-bond acceptors (Lipinski definition) is 6. The highest BCUT2D eigenvalue weighted by molar-refractivity contribution is 6.36. The molecule has 0 aliphatic carbocycles. The normalized spacial score (nSPS) is 11.1. The van der Waals surface area contributed by atoms with Gasteiger partial charge in [-0.05, 0) is 43.7 Å². The molecule has 3 heterocycles. The summed E-state index contributed by atoms with van der Waals surface area (Å²) < 4.78 is 15.4. The van der Waals surface area contributed by atoms with Crippen LogP contribution in [0.3, 0.4) is 0 Å². The number of benzene rings is 1. The fourth-order valence-electron chi connectivity index (χ4n) is 3.32. The van der Waals surface area contributed by atoms with Crippen LogP contribution in [-0.2, 0) is 6.54 Å². The minimum Gasteiger partial charge on any atom is -0.504 e. The Morgan fingerprint density at radius 2 is 1.97 bits per heavy atom. The van der Waals surface area contributed by atoms with E-state index in [0.29, 0.717) is 16.9 Å². The number of carbonyl (C=O) groups excluding carboxylic acids is 1. The molecule has 11 heteroatoms. The van der Waals surface area contributed by atoms with E-state index in [1.54, 1.807) is 26.0 Å². The first-order valence-corrected chi connectivity index (χ1v) is 10.4. The molecule has 168 valence electrons. The van der Waals surface area contributed by atoms with Gasteiger partial charge in [0.1, 0.15) is 17.3 Å². The van der Waals surface area contributed by atoms with Crippen molar-refractivity contribution in [3.63, 3.8) is 0 Å². The van der Waals surface area contributed by atoms with Crippen LogP contribution in [0.2, 0.25) is 10.2 Å². The summed E-state index contributed by atoms with van der Waals surface area (Å²) in [6.07, 6.45) is 1.43. The van der Waals surface area contributed by atoms with E-state index < -0.39 is 23.0 Å². The monoisotopic (exact) mass is 487 g/mol. The fourth-order valence-corrected chi connectivity index (χ4v) is 3.75. The summed E-state index contributed by atoms with van der Waals surface area (Å²) >= 11 is 11.7. The van der Waals surface area contributed by atoms with Crippen LogP contribution < -0.4 is 10.9 Å². The van der Waals surface area contributed by atoms with Crippen molar-refractivity contribution in [2.75, 3.05) is 5.32 Å². The van der Waals surface area contributed by atoms with Gasteiger partial charge < -0.3 is 10.4 Å². The van der Waals surface area contributed by atoms with Crippen molar-refractivity contribution in [2.45, 2.75) is 20.4 Å². The summed E-state index contributed by atoms with van der Waals surface area (Å²) in [5, 5.41) is 11.9. The van der Waals surface area contributed by atoms with E-state index in [0.717, 1.165) is 6.07 Å². The van der Waals surface area contributed by atoms with Crippen molar-refractivity contribution >= 4 is 45.7 Å². The number of rotatable bonds is 4. The Labute approximate surface area is 196 Å². The van der Waals surface area contributed by atoms with Crippen LogP contribution in [0.4, 0.5) is 10.1 Å². The minimum absolute atomic E-state index is 0.0830. The van der Waals surface area contributed by atoms with E-state index in [2.05, 4.69) is 20.3 Å². The zero-order valence-corrected chi connectivity index (χ0v) is 18.9. The first-order chi connectivity index (χ1) is 15.7. The Bertz CT molecular complexity index is 1470. The lowest BCUT2D eigenvalue weighted by molar-refractivity contribution is 0.102. The number of halogens is 3. The average Bonchev–Trinajstić information content (AvgIpc) is 2.77. The maximum Gasteiger partial charge on any atom is 0.274 e. The van der Waals surface area contributed by atoms with Gasteiger partial charge in [-0.1, -0.05) is 29.3 Å². The van der Waals surface area contributed by atoms with Crippen LogP contribution in [0.15, 0.2) is 41.3 Å². The van der Waals surface area contributed by atoms with Crippen molar-refractivity contribution in [1.29, 1.82) is 0 Å². The molecular formula is C22H16Cl2FN5O3. The van der Waals surface area contributed by atoms with Crippen LogP contribution in [0.1, 0.15) is 27.6 Å². The molecule has 0 saturated heterocycles. The SMILES string of the molecule is Cc1ccc(NC(=O)c2cc(Cl)c(O)c(Cl)n2)c2c(=O)n(Cc3ncccc3F)c(C)nc12. The number of pyridine rings is 2. The van der Waals surface area contributed by atoms with Crippen molar-refractivity contribution in [1.82, 2.24) is 19.5 Å². The molecule has 0 fully saturated rings. The third-order valence-corrected chi connectivity index (χ3v) is 5.58. The molecule has 0 atom stereocenters. The molecule has 3 aromatic heterocycles. The molecule has 33 heavy (non-hydrogen) atoms. The third kappa shape index (κ3) is 4.24. The average molecular weight is 488 g/mol. The van der Waals surface area contributed by atoms with Crippen LogP contribution in [0, 0.1) is 19.7 Å². The number of nitrogens with zero attached hydrogens (tertiary/aromatic N) is 4. The summed E-state index contributed by atoms with van der Waals surface area (Å²) in [4.78, 5) is 38.6. The summed E-state index contributed by atoms with van der Waals surface area (Å²) in [5.74, 6) is -1.33. The van der Waals surface area contributed by atoms with Gasteiger partial charge in [0.25, 0.3) is 11.5 Å². The summed E-state index contributed by atoms with van der Waals surface area (Å²) in [6, 6.07) is 7.13. The van der Waals surface area contributed by atoms with Gasteiger partial charge in [0.15, 0.2) is 10.9 Å². The van der Waals surface area contributed by atoms with Crippen LogP contribution >= 0.6 is 23.2 Å². The molecule has 0 saturated carbocycles. The van der Waals surface area contributed by atoms with Crippen LogP contribution in [-0.4, -0.2) is 30.5 Å². The Morgan fingerprint density at radius 3 is 2.67 bits per heavy atom. The number of hydrogen-bond donors (Lipinski definition) is 2. The Morgan fingerprint density at radius 1 is 1.21 bits per heavy atom. The number of aryl methyl sites for hydroxylation is 2. The molecule has 0 spiro atoms. The van der Waals surface area contributed by atoms with Gasteiger partial charge in [0.05, 0.1) is 33.9 Å². The molecule has 0 radical (unpaired) electrons. The van der Waals surface area contributed by atoms with Gasteiger partial charge in [0.2, 0.25) is 0 Å². The van der Waals surface area contributed by atoms with Crippen LogP contribution in [0.25, 0.3) is 10.9 Å². The highest BCUT2D eigenvalue weighted by atomic mass is 35.5. The molecule has 4 aromatic rings. The van der Waals surface area contributed by atoms with E-state index in [4.69, 9.17) is 23.2 Å². The first-order valence-electron chi connectivity index (χ1n) is 9.64.